The topological polar surface area (TPSA) is 60.8 Å². The van der Waals surface area contributed by atoms with Crippen molar-refractivity contribution < 1.29 is 28.2 Å². The smallest absolute Gasteiger partial charge is 0.335 e. The minimum absolute atomic E-state index is 0.140. The van der Waals surface area contributed by atoms with Crippen molar-refractivity contribution in [1.82, 2.24) is 4.90 Å². The third kappa shape index (κ3) is 5.20. The Morgan fingerprint density at radius 3 is 2.42 bits per heavy atom. The largest absolute Gasteiger partial charge is 0.503 e. The Kier molecular flexibility index (Phi) is 7.56. The van der Waals surface area contributed by atoms with Gasteiger partial charge >= 0.3 is 5.97 Å². The summed E-state index contributed by atoms with van der Waals surface area (Å²) in [6, 6.07) is 15.5. The number of carbonyl (C=O) groups is 1. The van der Waals surface area contributed by atoms with Gasteiger partial charge in [0.2, 0.25) is 0 Å². The predicted octanol–water partition coefficient (Wildman–Crippen LogP) is 6.50. The Bertz CT molecular complexity index is 1380. The molecule has 1 saturated heterocycles. The number of halogens is 3. The molecule has 0 aromatic heterocycles. The second-order valence-corrected chi connectivity index (χ2v) is 10.2. The molecule has 4 nitrogen and oxygen atoms in total. The van der Waals surface area contributed by atoms with Gasteiger partial charge in [0.25, 0.3) is 0 Å². The summed E-state index contributed by atoms with van der Waals surface area (Å²) in [6.07, 6.45) is 3.22. The molecule has 0 unspecified atom stereocenters. The lowest BCUT2D eigenvalue weighted by atomic mass is 9.86. The molecule has 0 spiro atoms. The predicted molar refractivity (Wildman–Crippen MR) is 141 cm³/mol. The number of hydrogen-bond acceptors (Lipinski definition) is 3. The number of allylic oxidation sites excluding steroid dienone is 1. The van der Waals surface area contributed by atoms with E-state index in [1.165, 1.54) is 11.6 Å². The summed E-state index contributed by atoms with van der Waals surface area (Å²) in [5, 5.41) is 19.5. The number of carboxylic acid groups (broad SMARTS) is 1. The van der Waals surface area contributed by atoms with E-state index in [9.17, 15) is 23.8 Å². The fourth-order valence-electron chi connectivity index (χ4n) is 5.71. The maximum Gasteiger partial charge on any atom is 0.335 e. The highest BCUT2D eigenvalue weighted by molar-refractivity contribution is 6.01. The summed E-state index contributed by atoms with van der Waals surface area (Å²) in [5.74, 6) is -3.50. The van der Waals surface area contributed by atoms with Crippen molar-refractivity contribution in [3.8, 4) is 5.75 Å². The number of likely N-dealkylation sites (tertiary alicyclic amines) is 1. The number of aromatic carboxylic acids is 1. The number of carboxylic acids is 1. The van der Waals surface area contributed by atoms with Crippen molar-refractivity contribution >= 4 is 17.1 Å². The van der Waals surface area contributed by atoms with E-state index < -0.39 is 23.4 Å². The summed E-state index contributed by atoms with van der Waals surface area (Å²) in [7, 11) is 0. The van der Waals surface area contributed by atoms with Gasteiger partial charge in [-0.15, -0.1) is 0 Å². The van der Waals surface area contributed by atoms with Gasteiger partial charge in [0.05, 0.1) is 12.2 Å². The zero-order valence-electron chi connectivity index (χ0n) is 21.0. The molecule has 1 fully saturated rings. The summed E-state index contributed by atoms with van der Waals surface area (Å²) >= 11 is 0. The van der Waals surface area contributed by atoms with E-state index in [0.29, 0.717) is 37.2 Å². The number of hydrogen-bond donors (Lipinski definition) is 2. The Labute approximate surface area is 220 Å². The van der Waals surface area contributed by atoms with Crippen LogP contribution in [0.25, 0.3) is 11.1 Å². The normalized spacial score (nSPS) is 16.2. The number of alkyl halides is 1. The minimum Gasteiger partial charge on any atom is -0.503 e. The lowest BCUT2D eigenvalue weighted by Gasteiger charge is -2.39. The standard InChI is InChI=1S/C31H30F3NO3/c32-13-2-14-35-17-20(18-35)15-19-5-7-21(8-6-19)28-24-10-9-23(31(37)38)16-22(24)3-1-4-25(28)26-11-12-27(33)30(36)29(26)34/h5-12,16,20,36H,1-4,13-15,17-18H2,(H,37,38). The van der Waals surface area contributed by atoms with Crippen LogP contribution in [-0.2, 0) is 12.8 Å². The highest BCUT2D eigenvalue weighted by Gasteiger charge is 2.27. The number of rotatable bonds is 8. The van der Waals surface area contributed by atoms with E-state index in [1.54, 1.807) is 18.2 Å². The summed E-state index contributed by atoms with van der Waals surface area (Å²) in [4.78, 5) is 13.9. The lowest BCUT2D eigenvalue weighted by Crippen LogP contribution is -2.47. The molecule has 1 aliphatic carbocycles. The monoisotopic (exact) mass is 521 g/mol. The number of phenolic OH excluding ortho intramolecular Hbond substituents is 1. The lowest BCUT2D eigenvalue weighted by molar-refractivity contribution is 0.0696. The second-order valence-electron chi connectivity index (χ2n) is 10.2. The van der Waals surface area contributed by atoms with Gasteiger partial charge in [-0.2, -0.15) is 0 Å². The van der Waals surface area contributed by atoms with E-state index in [0.717, 1.165) is 54.4 Å². The molecule has 0 bridgehead atoms. The van der Waals surface area contributed by atoms with Gasteiger partial charge in [-0.05, 0) is 95.7 Å². The van der Waals surface area contributed by atoms with Gasteiger partial charge in [0.1, 0.15) is 0 Å². The summed E-state index contributed by atoms with van der Waals surface area (Å²) in [5.41, 5.74) is 5.41. The van der Waals surface area contributed by atoms with Gasteiger partial charge in [-0.1, -0.05) is 30.3 Å². The Hall–Kier alpha value is -3.58. The Balaban J connectivity index is 1.53. The maximum absolute atomic E-state index is 15.2. The molecular formula is C31H30F3NO3. The Morgan fingerprint density at radius 1 is 0.974 bits per heavy atom. The van der Waals surface area contributed by atoms with Crippen molar-refractivity contribution in [2.75, 3.05) is 26.3 Å². The molecule has 7 heteroatoms. The van der Waals surface area contributed by atoms with E-state index in [-0.39, 0.29) is 17.8 Å². The third-order valence-corrected chi connectivity index (χ3v) is 7.60. The van der Waals surface area contributed by atoms with Crippen LogP contribution in [0.5, 0.6) is 5.75 Å². The van der Waals surface area contributed by atoms with Gasteiger partial charge in [0, 0.05) is 25.2 Å². The van der Waals surface area contributed by atoms with Crippen LogP contribution in [-0.4, -0.2) is 47.4 Å². The molecule has 38 heavy (non-hydrogen) atoms. The van der Waals surface area contributed by atoms with Crippen molar-refractivity contribution in [2.45, 2.75) is 32.1 Å². The number of aryl methyl sites for hydroxylation is 1. The average molecular weight is 522 g/mol. The molecule has 3 aromatic rings. The molecule has 0 atom stereocenters. The second kappa shape index (κ2) is 11.0. The average Bonchev–Trinajstić information content (AvgIpc) is 3.08. The SMILES string of the molecule is O=C(O)c1ccc2c(c1)CCCC(c1ccc(F)c(O)c1F)=C2c1ccc(CC2CN(CCCF)C2)cc1. The zero-order chi connectivity index (χ0) is 26.8. The first-order valence-corrected chi connectivity index (χ1v) is 13.0. The van der Waals surface area contributed by atoms with E-state index in [2.05, 4.69) is 17.0 Å². The molecule has 1 aliphatic heterocycles. The van der Waals surface area contributed by atoms with Crippen molar-refractivity contribution in [1.29, 1.82) is 0 Å². The van der Waals surface area contributed by atoms with E-state index in [1.807, 2.05) is 12.1 Å². The zero-order valence-corrected chi connectivity index (χ0v) is 21.0. The first kappa shape index (κ1) is 26.0. The molecule has 3 aromatic carbocycles. The minimum atomic E-state index is -1.02. The van der Waals surface area contributed by atoms with Gasteiger partial charge in [-0.3, -0.25) is 4.39 Å². The number of fused-ring (bicyclic) bond motifs is 1. The summed E-state index contributed by atoms with van der Waals surface area (Å²) < 4.78 is 41.4. The molecule has 198 valence electrons. The fraction of sp³-hybridized carbons (Fsp3) is 0.323. The Morgan fingerprint density at radius 2 is 1.71 bits per heavy atom. The number of benzene rings is 3. The van der Waals surface area contributed by atoms with Crippen LogP contribution in [0.3, 0.4) is 0 Å². The van der Waals surface area contributed by atoms with Gasteiger partial charge < -0.3 is 15.1 Å². The molecule has 1 heterocycles. The molecule has 2 aliphatic rings. The van der Waals surface area contributed by atoms with Gasteiger partial charge in [-0.25, -0.2) is 13.6 Å². The quantitative estimate of drug-likeness (QED) is 0.355. The molecule has 2 N–H and O–H groups in total. The van der Waals surface area contributed by atoms with Gasteiger partial charge in [0.15, 0.2) is 17.4 Å². The van der Waals surface area contributed by atoms with Crippen LogP contribution < -0.4 is 0 Å². The van der Waals surface area contributed by atoms with Crippen molar-refractivity contribution in [3.05, 3.63) is 99.6 Å². The first-order valence-electron chi connectivity index (χ1n) is 13.0. The number of phenols is 1. The van der Waals surface area contributed by atoms with Crippen LogP contribution in [0.2, 0.25) is 0 Å². The van der Waals surface area contributed by atoms with Crippen LogP contribution in [0.4, 0.5) is 13.2 Å². The third-order valence-electron chi connectivity index (χ3n) is 7.60. The molecule has 0 radical (unpaired) electrons. The fourth-order valence-corrected chi connectivity index (χ4v) is 5.71. The maximum atomic E-state index is 15.2. The van der Waals surface area contributed by atoms with Crippen molar-refractivity contribution in [2.24, 2.45) is 5.92 Å². The number of aromatic hydroxyl groups is 1. The summed E-state index contributed by atoms with van der Waals surface area (Å²) in [6.45, 7) is 2.43. The van der Waals surface area contributed by atoms with Crippen LogP contribution in [0, 0.1) is 17.6 Å². The first-order chi connectivity index (χ1) is 18.4. The molecule has 0 saturated carbocycles. The molecule has 5 rings (SSSR count). The molecular weight excluding hydrogens is 491 g/mol. The highest BCUT2D eigenvalue weighted by atomic mass is 19.1. The van der Waals surface area contributed by atoms with Crippen molar-refractivity contribution in [3.63, 3.8) is 0 Å². The number of nitrogens with zero attached hydrogens (tertiary/aromatic N) is 1. The highest BCUT2D eigenvalue weighted by Crippen LogP contribution is 2.42. The van der Waals surface area contributed by atoms with Crippen LogP contribution in [0.1, 0.15) is 57.4 Å². The molecule has 0 amide bonds. The van der Waals surface area contributed by atoms with Crippen LogP contribution >= 0.6 is 0 Å². The van der Waals surface area contributed by atoms with Crippen LogP contribution in [0.15, 0.2) is 54.6 Å². The van der Waals surface area contributed by atoms with E-state index in [4.69, 9.17) is 0 Å². The van der Waals surface area contributed by atoms with E-state index >= 15 is 4.39 Å².